The molecule has 1 aromatic heterocycles. The molecule has 24 heavy (non-hydrogen) atoms. The molecule has 8 heteroatoms. The van der Waals surface area contributed by atoms with E-state index in [2.05, 4.69) is 5.10 Å². The molecule has 8 nitrogen and oxygen atoms in total. The van der Waals surface area contributed by atoms with E-state index in [0.717, 1.165) is 18.5 Å². The number of aromatic nitrogens is 2. The predicted octanol–water partition coefficient (Wildman–Crippen LogP) is 0.272. The van der Waals surface area contributed by atoms with Gasteiger partial charge in [-0.2, -0.15) is 5.10 Å². The van der Waals surface area contributed by atoms with Gasteiger partial charge in [-0.1, -0.05) is 0 Å². The first-order valence-corrected chi connectivity index (χ1v) is 8.45. The van der Waals surface area contributed by atoms with Gasteiger partial charge in [0.05, 0.1) is 25.4 Å². The van der Waals surface area contributed by atoms with Crippen LogP contribution in [0.3, 0.4) is 0 Å². The van der Waals surface area contributed by atoms with Crippen LogP contribution >= 0.6 is 0 Å². The molecule has 0 aliphatic carbocycles. The highest BCUT2D eigenvalue weighted by atomic mass is 16.7. The van der Waals surface area contributed by atoms with Gasteiger partial charge < -0.3 is 9.80 Å². The Bertz CT molecular complexity index is 594. The molecule has 3 heterocycles. The average Bonchev–Trinajstić information content (AvgIpc) is 3.07. The molecule has 1 fully saturated rings. The van der Waals surface area contributed by atoms with Gasteiger partial charge in [0.25, 0.3) is 5.91 Å². The molecular formula is C16H25N5O3. The monoisotopic (exact) mass is 335 g/mol. The van der Waals surface area contributed by atoms with Crippen LogP contribution < -0.4 is 0 Å². The lowest BCUT2D eigenvalue weighted by molar-refractivity contribution is -0.201. The number of fused-ring (bicyclic) bond motifs is 1. The fourth-order valence-electron chi connectivity index (χ4n) is 3.08. The summed E-state index contributed by atoms with van der Waals surface area (Å²) in [6, 6.07) is 1.35. The van der Waals surface area contributed by atoms with E-state index in [0.29, 0.717) is 39.2 Å². The van der Waals surface area contributed by atoms with E-state index in [1.165, 1.54) is 5.06 Å². The number of hydrogen-bond acceptors (Lipinski definition) is 5. The summed E-state index contributed by atoms with van der Waals surface area (Å²) in [6.07, 6.45) is 4.04. The van der Waals surface area contributed by atoms with Gasteiger partial charge in [0.15, 0.2) is 6.04 Å². The first kappa shape index (κ1) is 16.9. The highest BCUT2D eigenvalue weighted by Crippen LogP contribution is 2.24. The molecule has 2 amide bonds. The minimum Gasteiger partial charge on any atom is -0.334 e. The number of hydrogen-bond donors (Lipinski definition) is 0. The molecule has 2 aliphatic rings. The Balaban J connectivity index is 1.73. The first-order chi connectivity index (χ1) is 11.6. The number of carbonyl (C=O) groups is 2. The van der Waals surface area contributed by atoms with Crippen molar-refractivity contribution in [1.29, 1.82) is 0 Å². The Morgan fingerprint density at radius 2 is 2.21 bits per heavy atom. The molecule has 132 valence electrons. The maximum absolute atomic E-state index is 12.8. The molecule has 2 aliphatic heterocycles. The minimum absolute atomic E-state index is 0.0634. The van der Waals surface area contributed by atoms with E-state index in [4.69, 9.17) is 4.84 Å². The second kappa shape index (κ2) is 7.31. The lowest BCUT2D eigenvalue weighted by atomic mass is 10.1. The number of carbonyl (C=O) groups excluding carboxylic acids is 2. The van der Waals surface area contributed by atoms with Crippen molar-refractivity contribution in [1.82, 2.24) is 24.6 Å². The van der Waals surface area contributed by atoms with Gasteiger partial charge in [-0.3, -0.25) is 19.1 Å². The van der Waals surface area contributed by atoms with Crippen molar-refractivity contribution >= 4 is 11.8 Å². The van der Waals surface area contributed by atoms with Crippen LogP contribution in [0.2, 0.25) is 0 Å². The number of rotatable bonds is 4. The second-order valence-corrected chi connectivity index (χ2v) is 6.59. The van der Waals surface area contributed by atoms with Crippen LogP contribution in [0.4, 0.5) is 0 Å². The first-order valence-electron chi connectivity index (χ1n) is 8.45. The Kier molecular flexibility index (Phi) is 5.15. The Morgan fingerprint density at radius 1 is 1.38 bits per heavy atom. The Labute approximate surface area is 141 Å². The summed E-state index contributed by atoms with van der Waals surface area (Å²) in [5.41, 5.74) is 0.884. The van der Waals surface area contributed by atoms with E-state index in [-0.39, 0.29) is 11.8 Å². The summed E-state index contributed by atoms with van der Waals surface area (Å²) >= 11 is 0. The van der Waals surface area contributed by atoms with Crippen LogP contribution in [0.5, 0.6) is 0 Å². The van der Waals surface area contributed by atoms with Crippen molar-refractivity contribution in [3.8, 4) is 0 Å². The molecule has 0 N–H and O–H groups in total. The number of nitrogens with zero attached hydrogens (tertiary/aromatic N) is 5. The third-order valence-corrected chi connectivity index (χ3v) is 4.45. The SMILES string of the molecule is CN(C)CCC(=O)N1Cc2ccnn2[C@H](C(=O)N2CCCCO2)C1. The molecular weight excluding hydrogens is 310 g/mol. The summed E-state index contributed by atoms with van der Waals surface area (Å²) in [5.74, 6) is -0.0572. The van der Waals surface area contributed by atoms with Gasteiger partial charge in [-0.25, -0.2) is 5.06 Å². The third-order valence-electron chi connectivity index (χ3n) is 4.45. The van der Waals surface area contributed by atoms with Crippen LogP contribution in [-0.4, -0.2) is 76.8 Å². The average molecular weight is 335 g/mol. The van der Waals surface area contributed by atoms with Crippen molar-refractivity contribution in [2.45, 2.75) is 31.8 Å². The standard InChI is InChI=1S/C16H25N5O3/c1-18(2)9-6-15(22)19-11-13-5-7-17-21(13)14(12-19)16(23)20-8-3-4-10-24-20/h5,7,14H,3-4,6,8-12H2,1-2H3/t14-/m0/s1. The van der Waals surface area contributed by atoms with Gasteiger partial charge in [-0.15, -0.1) is 0 Å². The van der Waals surface area contributed by atoms with Crippen molar-refractivity contribution in [3.63, 3.8) is 0 Å². The maximum atomic E-state index is 12.8. The van der Waals surface area contributed by atoms with Crippen molar-refractivity contribution < 1.29 is 14.4 Å². The zero-order valence-corrected chi connectivity index (χ0v) is 14.3. The fraction of sp³-hybridized carbons (Fsp3) is 0.688. The fourth-order valence-corrected chi connectivity index (χ4v) is 3.08. The van der Waals surface area contributed by atoms with Crippen LogP contribution in [0.15, 0.2) is 12.3 Å². The number of amides is 2. The lowest BCUT2D eigenvalue weighted by Crippen LogP contribution is -2.49. The Morgan fingerprint density at radius 3 is 2.92 bits per heavy atom. The normalized spacial score (nSPS) is 21.0. The van der Waals surface area contributed by atoms with Gasteiger partial charge in [-0.05, 0) is 33.0 Å². The van der Waals surface area contributed by atoms with Crippen LogP contribution in [0, 0.1) is 0 Å². The molecule has 0 unspecified atom stereocenters. The number of hydroxylamine groups is 2. The summed E-state index contributed by atoms with van der Waals surface area (Å²) in [7, 11) is 3.89. The summed E-state index contributed by atoms with van der Waals surface area (Å²) in [4.78, 5) is 34.6. The van der Waals surface area contributed by atoms with Gasteiger partial charge >= 0.3 is 0 Å². The van der Waals surface area contributed by atoms with Crippen LogP contribution in [0.25, 0.3) is 0 Å². The zero-order chi connectivity index (χ0) is 17.1. The summed E-state index contributed by atoms with van der Waals surface area (Å²) in [6.45, 7) is 2.70. The van der Waals surface area contributed by atoms with E-state index < -0.39 is 6.04 Å². The topological polar surface area (TPSA) is 70.9 Å². The quantitative estimate of drug-likeness (QED) is 0.790. The van der Waals surface area contributed by atoms with Gasteiger partial charge in [0.1, 0.15) is 0 Å². The zero-order valence-electron chi connectivity index (χ0n) is 14.3. The maximum Gasteiger partial charge on any atom is 0.272 e. The van der Waals surface area contributed by atoms with E-state index in [9.17, 15) is 9.59 Å². The molecule has 3 rings (SSSR count). The largest absolute Gasteiger partial charge is 0.334 e. The van der Waals surface area contributed by atoms with Gasteiger partial charge in [0.2, 0.25) is 5.91 Å². The van der Waals surface area contributed by atoms with Crippen molar-refractivity contribution in [2.24, 2.45) is 0 Å². The Hall–Kier alpha value is -1.93. The minimum atomic E-state index is -0.509. The van der Waals surface area contributed by atoms with Crippen molar-refractivity contribution in [3.05, 3.63) is 18.0 Å². The molecule has 1 saturated heterocycles. The van der Waals surface area contributed by atoms with Crippen LogP contribution in [0.1, 0.15) is 31.0 Å². The van der Waals surface area contributed by atoms with Crippen molar-refractivity contribution in [2.75, 3.05) is 40.3 Å². The summed E-state index contributed by atoms with van der Waals surface area (Å²) in [5, 5.41) is 5.73. The lowest BCUT2D eigenvalue weighted by Gasteiger charge is -2.36. The third kappa shape index (κ3) is 3.59. The van der Waals surface area contributed by atoms with Crippen LogP contribution in [-0.2, 0) is 21.0 Å². The highest BCUT2D eigenvalue weighted by molar-refractivity contribution is 5.82. The molecule has 1 aromatic rings. The smallest absolute Gasteiger partial charge is 0.272 e. The summed E-state index contributed by atoms with van der Waals surface area (Å²) < 4.78 is 1.73. The van der Waals surface area contributed by atoms with Gasteiger partial charge in [0, 0.05) is 25.7 Å². The molecule has 1 atom stereocenters. The predicted molar refractivity (Wildman–Crippen MR) is 86.8 cm³/mol. The molecule has 0 radical (unpaired) electrons. The molecule has 0 saturated carbocycles. The second-order valence-electron chi connectivity index (χ2n) is 6.59. The molecule has 0 spiro atoms. The highest BCUT2D eigenvalue weighted by Gasteiger charge is 2.36. The molecule has 0 aromatic carbocycles. The molecule has 0 bridgehead atoms. The van der Waals surface area contributed by atoms with E-state index in [1.54, 1.807) is 15.8 Å². The van der Waals surface area contributed by atoms with E-state index >= 15 is 0 Å². The van der Waals surface area contributed by atoms with E-state index in [1.807, 2.05) is 25.1 Å².